The predicted octanol–water partition coefficient (Wildman–Crippen LogP) is 0.259. The molecule has 0 heterocycles. The van der Waals surface area contributed by atoms with E-state index >= 15 is 0 Å². The van der Waals surface area contributed by atoms with Gasteiger partial charge in [-0.1, -0.05) is 48.5 Å². The summed E-state index contributed by atoms with van der Waals surface area (Å²) in [5, 5.41) is 0. The van der Waals surface area contributed by atoms with Gasteiger partial charge >= 0.3 is 0 Å². The molecule has 2 rings (SSSR count). The van der Waals surface area contributed by atoms with Crippen LogP contribution in [0.5, 0.6) is 0 Å². The monoisotopic (exact) mass is 289 g/mol. The van der Waals surface area contributed by atoms with Gasteiger partial charge in [-0.15, -0.1) is 0 Å². The van der Waals surface area contributed by atoms with Crippen molar-refractivity contribution in [1.29, 1.82) is 0 Å². The summed E-state index contributed by atoms with van der Waals surface area (Å²) in [6, 6.07) is 21.3. The average Bonchev–Trinajstić information content (AvgIpc) is 2.45. The molecule has 0 aliphatic heterocycles. The minimum absolute atomic E-state index is 0. The highest BCUT2D eigenvalue weighted by atomic mass is 35.5. The molecule has 2 nitrogen and oxygen atoms in total. The van der Waals surface area contributed by atoms with E-state index in [2.05, 4.69) is 84.6 Å². The maximum Gasteiger partial charge on any atom is 0.0430 e. The molecule has 2 aromatic carbocycles. The second-order valence-corrected chi connectivity index (χ2v) is 5.05. The fourth-order valence-corrected chi connectivity index (χ4v) is 2.06. The Labute approximate surface area is 128 Å². The molecule has 20 heavy (non-hydrogen) atoms. The molecule has 0 spiro atoms. The summed E-state index contributed by atoms with van der Waals surface area (Å²) >= 11 is 0. The van der Waals surface area contributed by atoms with Crippen molar-refractivity contribution in [2.24, 2.45) is 0 Å². The quantitative estimate of drug-likeness (QED) is 0.753. The lowest BCUT2D eigenvalue weighted by atomic mass is 10.2. The van der Waals surface area contributed by atoms with Gasteiger partial charge in [0.1, 0.15) is 0 Å². The number of rotatable bonds is 6. The van der Waals surface area contributed by atoms with E-state index in [0.29, 0.717) is 0 Å². The van der Waals surface area contributed by atoms with Crippen molar-refractivity contribution >= 4 is 5.69 Å². The van der Waals surface area contributed by atoms with E-state index in [4.69, 9.17) is 0 Å². The SMILES string of the molecule is CN(C)CCN(Cc1ccccc1)c1ccccc1.[Cl-]. The molecular formula is C17H22ClN2-. The second-order valence-electron chi connectivity index (χ2n) is 5.05. The Morgan fingerprint density at radius 1 is 0.750 bits per heavy atom. The normalized spacial score (nSPS) is 10.2. The van der Waals surface area contributed by atoms with E-state index < -0.39 is 0 Å². The highest BCUT2D eigenvalue weighted by Gasteiger charge is 2.07. The lowest BCUT2D eigenvalue weighted by Gasteiger charge is -2.26. The maximum atomic E-state index is 2.43. The van der Waals surface area contributed by atoms with E-state index in [-0.39, 0.29) is 12.4 Å². The molecule has 2 aromatic rings. The Morgan fingerprint density at radius 3 is 1.85 bits per heavy atom. The zero-order valence-electron chi connectivity index (χ0n) is 12.2. The molecule has 0 aliphatic rings. The molecule has 0 aliphatic carbocycles. The van der Waals surface area contributed by atoms with Crippen LogP contribution < -0.4 is 17.3 Å². The summed E-state index contributed by atoms with van der Waals surface area (Å²) in [6.07, 6.45) is 0. The van der Waals surface area contributed by atoms with Crippen molar-refractivity contribution in [3.63, 3.8) is 0 Å². The van der Waals surface area contributed by atoms with Crippen LogP contribution in [0.15, 0.2) is 60.7 Å². The summed E-state index contributed by atoms with van der Waals surface area (Å²) in [5.41, 5.74) is 2.64. The first-order chi connectivity index (χ1) is 9.25. The van der Waals surface area contributed by atoms with E-state index in [9.17, 15) is 0 Å². The average molecular weight is 290 g/mol. The molecule has 0 atom stereocenters. The third kappa shape index (κ3) is 5.24. The fourth-order valence-electron chi connectivity index (χ4n) is 2.06. The number of hydrogen-bond acceptors (Lipinski definition) is 2. The van der Waals surface area contributed by atoms with Gasteiger partial charge in [-0.3, -0.25) is 0 Å². The Hall–Kier alpha value is -1.51. The predicted molar refractivity (Wildman–Crippen MR) is 82.5 cm³/mol. The number of benzene rings is 2. The van der Waals surface area contributed by atoms with Gasteiger partial charge in [0.05, 0.1) is 0 Å². The van der Waals surface area contributed by atoms with Gasteiger partial charge in [0.2, 0.25) is 0 Å². The molecule has 0 saturated heterocycles. The van der Waals surface area contributed by atoms with Crippen LogP contribution in [0.1, 0.15) is 5.56 Å². The van der Waals surface area contributed by atoms with Crippen LogP contribution in [0.2, 0.25) is 0 Å². The first-order valence-corrected chi connectivity index (χ1v) is 6.74. The van der Waals surface area contributed by atoms with Crippen molar-refractivity contribution in [3.05, 3.63) is 66.2 Å². The molecule has 0 amide bonds. The molecule has 0 N–H and O–H groups in total. The van der Waals surface area contributed by atoms with Crippen molar-refractivity contribution in [2.75, 3.05) is 32.1 Å². The fraction of sp³-hybridized carbons (Fsp3) is 0.294. The van der Waals surface area contributed by atoms with Crippen LogP contribution in [0.25, 0.3) is 0 Å². The molecule has 0 saturated carbocycles. The van der Waals surface area contributed by atoms with Crippen molar-refractivity contribution in [3.8, 4) is 0 Å². The molecule has 0 bridgehead atoms. The minimum Gasteiger partial charge on any atom is -1.00 e. The van der Waals surface area contributed by atoms with Crippen LogP contribution in [-0.2, 0) is 6.54 Å². The van der Waals surface area contributed by atoms with Crippen LogP contribution in [0.3, 0.4) is 0 Å². The van der Waals surface area contributed by atoms with Crippen LogP contribution in [0.4, 0.5) is 5.69 Å². The van der Waals surface area contributed by atoms with Gasteiger partial charge in [0.25, 0.3) is 0 Å². The summed E-state index contributed by atoms with van der Waals surface area (Å²) < 4.78 is 0. The molecule has 3 heteroatoms. The molecule has 0 unspecified atom stereocenters. The second kappa shape index (κ2) is 8.62. The first kappa shape index (κ1) is 16.5. The largest absolute Gasteiger partial charge is 1.00 e. The van der Waals surface area contributed by atoms with Gasteiger partial charge in [-0.05, 0) is 31.8 Å². The Balaban J connectivity index is 0.00000200. The number of nitrogens with zero attached hydrogens (tertiary/aromatic N) is 2. The summed E-state index contributed by atoms with van der Waals surface area (Å²) in [6.45, 7) is 3.05. The van der Waals surface area contributed by atoms with Crippen molar-refractivity contribution < 1.29 is 12.4 Å². The third-order valence-electron chi connectivity index (χ3n) is 3.15. The number of hydrogen-bond donors (Lipinski definition) is 0. The summed E-state index contributed by atoms with van der Waals surface area (Å²) in [7, 11) is 4.23. The molecular weight excluding hydrogens is 268 g/mol. The maximum absolute atomic E-state index is 2.43. The zero-order chi connectivity index (χ0) is 13.5. The van der Waals surface area contributed by atoms with Crippen LogP contribution in [-0.4, -0.2) is 32.1 Å². The molecule has 0 fully saturated rings. The number of likely N-dealkylation sites (N-methyl/N-ethyl adjacent to an activating group) is 1. The standard InChI is InChI=1S/C17H22N2.ClH/c1-18(2)13-14-19(17-11-7-4-8-12-17)15-16-9-5-3-6-10-16;/h3-12H,13-15H2,1-2H3;1H/p-1. The molecule has 0 radical (unpaired) electrons. The van der Waals surface area contributed by atoms with Crippen LogP contribution in [0, 0.1) is 0 Å². The van der Waals surface area contributed by atoms with Gasteiger partial charge in [-0.25, -0.2) is 0 Å². The zero-order valence-corrected chi connectivity index (χ0v) is 12.9. The highest BCUT2D eigenvalue weighted by molar-refractivity contribution is 5.46. The molecule has 108 valence electrons. The highest BCUT2D eigenvalue weighted by Crippen LogP contribution is 2.16. The first-order valence-electron chi connectivity index (χ1n) is 6.74. The summed E-state index contributed by atoms with van der Waals surface area (Å²) in [5.74, 6) is 0. The van der Waals surface area contributed by atoms with Crippen LogP contribution >= 0.6 is 0 Å². The Morgan fingerprint density at radius 2 is 1.30 bits per heavy atom. The molecule has 0 aromatic heterocycles. The number of halogens is 1. The van der Waals surface area contributed by atoms with Gasteiger partial charge in [0, 0.05) is 25.3 Å². The van der Waals surface area contributed by atoms with E-state index in [1.165, 1.54) is 11.3 Å². The van der Waals surface area contributed by atoms with Gasteiger partial charge in [0.15, 0.2) is 0 Å². The lowest BCUT2D eigenvalue weighted by molar-refractivity contribution is -0.00000395. The Bertz CT molecular complexity index is 471. The number of para-hydroxylation sites is 1. The van der Waals surface area contributed by atoms with Gasteiger partial charge < -0.3 is 22.2 Å². The smallest absolute Gasteiger partial charge is 0.0430 e. The Kier molecular flexibility index (Phi) is 7.13. The van der Waals surface area contributed by atoms with E-state index in [0.717, 1.165) is 19.6 Å². The number of anilines is 1. The lowest BCUT2D eigenvalue weighted by Crippen LogP contribution is -3.00. The van der Waals surface area contributed by atoms with Crippen molar-refractivity contribution in [2.45, 2.75) is 6.54 Å². The topological polar surface area (TPSA) is 6.48 Å². The summed E-state index contributed by atoms with van der Waals surface area (Å²) in [4.78, 5) is 4.65. The van der Waals surface area contributed by atoms with Crippen molar-refractivity contribution in [1.82, 2.24) is 4.90 Å². The van der Waals surface area contributed by atoms with E-state index in [1.54, 1.807) is 0 Å². The third-order valence-corrected chi connectivity index (χ3v) is 3.15. The van der Waals surface area contributed by atoms with Gasteiger partial charge in [-0.2, -0.15) is 0 Å². The minimum atomic E-state index is 0. The van der Waals surface area contributed by atoms with E-state index in [1.807, 2.05) is 0 Å².